The monoisotopic (exact) mass is 293 g/mol. The number of rotatable bonds is 0. The van der Waals surface area contributed by atoms with Crippen molar-refractivity contribution in [2.75, 3.05) is 0 Å². The number of aryl methyl sites for hydroxylation is 1. The van der Waals surface area contributed by atoms with Gasteiger partial charge < -0.3 is 15.7 Å². The Hall–Kier alpha value is -0.502. The van der Waals surface area contributed by atoms with Crippen LogP contribution in [0.1, 0.15) is 5.82 Å². The largest absolute Gasteiger partial charge is 0.410 e. The third-order valence-corrected chi connectivity index (χ3v) is 0.692. The van der Waals surface area contributed by atoms with Crippen LogP contribution < -0.4 is 0 Å². The van der Waals surface area contributed by atoms with Gasteiger partial charge in [0.15, 0.2) is 0 Å². The van der Waals surface area contributed by atoms with E-state index in [4.69, 9.17) is 5.73 Å². The van der Waals surface area contributed by atoms with Gasteiger partial charge in [-0.2, -0.15) is 0 Å². The van der Waals surface area contributed by atoms with Gasteiger partial charge in [0.25, 0.3) is 0 Å². The van der Waals surface area contributed by atoms with Gasteiger partial charge in [0.1, 0.15) is 0 Å². The summed E-state index contributed by atoms with van der Waals surface area (Å²) in [6, 6.07) is 0. The molecule has 4 nitrogen and oxygen atoms in total. The van der Waals surface area contributed by atoms with Crippen LogP contribution in [0.5, 0.6) is 0 Å². The van der Waals surface area contributed by atoms with E-state index in [0.29, 0.717) is 5.82 Å². The predicted molar refractivity (Wildman–Crippen MR) is 28.5 cm³/mol. The summed E-state index contributed by atoms with van der Waals surface area (Å²) in [5, 5.41) is 0. The second-order valence-corrected chi connectivity index (χ2v) is 1.36. The van der Waals surface area contributed by atoms with Crippen molar-refractivity contribution in [2.24, 2.45) is 0 Å². The fourth-order valence-corrected chi connectivity index (χ4v) is 0.378. The van der Waals surface area contributed by atoms with Gasteiger partial charge in [-0.15, -0.1) is 0 Å². The van der Waals surface area contributed by atoms with Gasteiger partial charge >= 0.3 is 0 Å². The van der Waals surface area contributed by atoms with Crippen molar-refractivity contribution >= 4 is 5.95 Å². The van der Waals surface area contributed by atoms with Gasteiger partial charge in [-0.25, -0.2) is 0 Å². The van der Waals surface area contributed by atoms with Gasteiger partial charge in [-0.3, -0.25) is 4.98 Å². The van der Waals surface area contributed by atoms with E-state index in [0.717, 1.165) is 0 Å². The molecule has 48 valence electrons. The van der Waals surface area contributed by atoms with Crippen LogP contribution in [0.15, 0.2) is 6.33 Å². The number of hydrogen-bond acceptors (Lipinski definition) is 3. The molecule has 0 aliphatic carbocycles. The zero-order chi connectivity index (χ0) is 5.98. The molecule has 0 saturated heterocycles. The van der Waals surface area contributed by atoms with Crippen molar-refractivity contribution < 1.29 is 21.1 Å². The Morgan fingerprint density at radius 3 is 2.44 bits per heavy atom. The first-order valence-corrected chi connectivity index (χ1v) is 2.16. The molecular weight excluding hydrogens is 288 g/mol. The zero-order valence-electron chi connectivity index (χ0n) is 4.83. The van der Waals surface area contributed by atoms with E-state index in [9.17, 15) is 0 Å². The fraction of sp³-hybridized carbons (Fsp3) is 0.250. The molecule has 0 radical (unpaired) electrons. The Kier molecular flexibility index (Phi) is 3.31. The Bertz CT molecular complexity index is 172. The van der Waals surface area contributed by atoms with Crippen molar-refractivity contribution in [2.45, 2.75) is 6.92 Å². The van der Waals surface area contributed by atoms with Crippen LogP contribution in [-0.4, -0.2) is 15.0 Å². The first kappa shape index (κ1) is 8.50. The summed E-state index contributed by atoms with van der Waals surface area (Å²) < 4.78 is 0. The fourth-order valence-electron chi connectivity index (χ4n) is 0.378. The van der Waals surface area contributed by atoms with Crippen molar-refractivity contribution in [3.63, 3.8) is 0 Å². The molecule has 1 rings (SSSR count). The van der Waals surface area contributed by atoms with Crippen LogP contribution in [0.2, 0.25) is 0 Å². The van der Waals surface area contributed by atoms with Crippen LogP contribution in [0.4, 0.5) is 5.95 Å². The molecule has 9 heavy (non-hydrogen) atoms. The van der Waals surface area contributed by atoms with Crippen LogP contribution in [0.25, 0.3) is 5.73 Å². The van der Waals surface area contributed by atoms with E-state index >= 15 is 0 Å². The molecule has 0 atom stereocenters. The molecule has 0 saturated carbocycles. The second-order valence-electron chi connectivity index (χ2n) is 1.36. The summed E-state index contributed by atoms with van der Waals surface area (Å²) in [6.45, 7) is 1.72. The van der Waals surface area contributed by atoms with Gasteiger partial charge in [0, 0.05) is 33.3 Å². The smallest absolute Gasteiger partial charge is 0.0574 e. The van der Waals surface area contributed by atoms with E-state index in [-0.39, 0.29) is 27.0 Å². The van der Waals surface area contributed by atoms with Crippen LogP contribution in [0, 0.1) is 6.92 Å². The molecule has 0 unspecified atom stereocenters. The molecule has 5 heteroatoms. The SMILES string of the molecule is Cc1ncnc([NH-])n1.[W]. The maximum absolute atomic E-state index is 6.87. The first-order valence-electron chi connectivity index (χ1n) is 2.16. The number of nitrogens with one attached hydrogen (secondary N) is 1. The van der Waals surface area contributed by atoms with E-state index in [1.807, 2.05) is 0 Å². The van der Waals surface area contributed by atoms with Gasteiger partial charge in [-0.05, 0) is 6.92 Å². The quantitative estimate of drug-likeness (QED) is 0.712. The number of aromatic nitrogens is 3. The molecule has 1 aromatic heterocycles. The molecule has 1 heterocycles. The topological polar surface area (TPSA) is 62.5 Å². The summed E-state index contributed by atoms with van der Waals surface area (Å²) in [4.78, 5) is 10.8. The molecular formula is C4H5N4W-. The van der Waals surface area contributed by atoms with Gasteiger partial charge in [-0.1, -0.05) is 0 Å². The normalized spacial score (nSPS) is 8.11. The van der Waals surface area contributed by atoms with Crippen molar-refractivity contribution in [1.82, 2.24) is 15.0 Å². The average molecular weight is 293 g/mol. The summed E-state index contributed by atoms with van der Waals surface area (Å²) in [6.07, 6.45) is 1.32. The van der Waals surface area contributed by atoms with Crippen LogP contribution >= 0.6 is 0 Å². The molecule has 0 fully saturated rings. The zero-order valence-corrected chi connectivity index (χ0v) is 7.76. The Morgan fingerprint density at radius 1 is 1.44 bits per heavy atom. The molecule has 0 amide bonds. The molecule has 0 spiro atoms. The first-order chi connectivity index (χ1) is 3.79. The minimum atomic E-state index is 0. The standard InChI is InChI=1S/C4H5N4.W/c1-3-6-2-7-4(5)8-3;/h2H,1H3,(H-,5,6,7,8);/q-1;. The Morgan fingerprint density at radius 2 is 2.11 bits per heavy atom. The van der Waals surface area contributed by atoms with Crippen LogP contribution in [-0.2, 0) is 21.1 Å². The maximum atomic E-state index is 6.87. The van der Waals surface area contributed by atoms with Gasteiger partial charge in [0.05, 0.1) is 5.82 Å². The minimum absolute atomic E-state index is 0. The summed E-state index contributed by atoms with van der Waals surface area (Å²) >= 11 is 0. The summed E-state index contributed by atoms with van der Waals surface area (Å²) in [5.41, 5.74) is 6.87. The van der Waals surface area contributed by atoms with E-state index in [2.05, 4.69) is 15.0 Å². The molecule has 1 aromatic rings. The van der Waals surface area contributed by atoms with E-state index in [1.54, 1.807) is 6.92 Å². The Labute approximate surface area is 67.2 Å². The Balaban J connectivity index is 0.000000640. The molecule has 0 aromatic carbocycles. The van der Waals surface area contributed by atoms with Crippen molar-refractivity contribution in [3.8, 4) is 0 Å². The molecule has 0 aliphatic heterocycles. The predicted octanol–water partition coefficient (Wildman–Crippen LogP) is 0.861. The van der Waals surface area contributed by atoms with Crippen LogP contribution in [0.3, 0.4) is 0 Å². The van der Waals surface area contributed by atoms with Crippen molar-refractivity contribution in [1.29, 1.82) is 0 Å². The second kappa shape index (κ2) is 3.51. The minimum Gasteiger partial charge on any atom is -0.410 e. The maximum Gasteiger partial charge on any atom is 0.0574 e. The third-order valence-electron chi connectivity index (χ3n) is 0.692. The average Bonchev–Trinajstić information content (AvgIpc) is 1.64. The van der Waals surface area contributed by atoms with Crippen molar-refractivity contribution in [3.05, 3.63) is 17.9 Å². The summed E-state index contributed by atoms with van der Waals surface area (Å²) in [5.74, 6) is 0.613. The molecule has 0 bridgehead atoms. The molecule has 1 N–H and O–H groups in total. The number of hydrogen-bond donors (Lipinski definition) is 0. The summed E-state index contributed by atoms with van der Waals surface area (Å²) in [7, 11) is 0. The third kappa shape index (κ3) is 2.51. The van der Waals surface area contributed by atoms with E-state index in [1.165, 1.54) is 6.33 Å². The van der Waals surface area contributed by atoms with Gasteiger partial charge in [0.2, 0.25) is 0 Å². The number of nitrogens with zero attached hydrogens (tertiary/aromatic N) is 3. The molecule has 0 aliphatic rings. The van der Waals surface area contributed by atoms with E-state index < -0.39 is 0 Å².